The summed E-state index contributed by atoms with van der Waals surface area (Å²) in [5.74, 6) is 0.399. The number of rotatable bonds is 5. The van der Waals surface area contributed by atoms with Crippen LogP contribution in [-0.2, 0) is 13.5 Å². The van der Waals surface area contributed by atoms with Crippen molar-refractivity contribution >= 4 is 0 Å². The highest BCUT2D eigenvalue weighted by molar-refractivity contribution is 5.22. The minimum absolute atomic E-state index is 0.127. The highest BCUT2D eigenvalue weighted by atomic mass is 15.3. The first-order valence-electron chi connectivity index (χ1n) is 6.91. The van der Waals surface area contributed by atoms with Gasteiger partial charge in [0.1, 0.15) is 0 Å². The lowest BCUT2D eigenvalue weighted by Crippen LogP contribution is -2.31. The van der Waals surface area contributed by atoms with E-state index in [1.165, 1.54) is 11.3 Å². The highest BCUT2D eigenvalue weighted by Crippen LogP contribution is 2.24. The zero-order valence-electron chi connectivity index (χ0n) is 12.0. The van der Waals surface area contributed by atoms with Gasteiger partial charge in [0.25, 0.3) is 0 Å². The molecular weight excluding hydrogens is 234 g/mol. The molecule has 0 saturated carbocycles. The van der Waals surface area contributed by atoms with Crippen LogP contribution in [-0.4, -0.2) is 15.8 Å². The predicted octanol–water partition coefficient (Wildman–Crippen LogP) is 2.79. The Hall–Kier alpha value is -1.61. The van der Waals surface area contributed by atoms with Crippen LogP contribution in [0.25, 0.3) is 0 Å². The van der Waals surface area contributed by atoms with E-state index in [1.54, 1.807) is 0 Å². The van der Waals surface area contributed by atoms with Gasteiger partial charge >= 0.3 is 0 Å². The average Bonchev–Trinajstić information content (AvgIpc) is 2.70. The van der Waals surface area contributed by atoms with Gasteiger partial charge in [-0.1, -0.05) is 37.3 Å². The number of nitrogens with two attached hydrogens (primary N) is 1. The van der Waals surface area contributed by atoms with Crippen LogP contribution in [0.2, 0.25) is 0 Å². The molecule has 0 aliphatic heterocycles. The predicted molar refractivity (Wildman–Crippen MR) is 79.1 cm³/mol. The van der Waals surface area contributed by atoms with Gasteiger partial charge in [0.15, 0.2) is 0 Å². The molecule has 0 amide bonds. The summed E-state index contributed by atoms with van der Waals surface area (Å²) in [5, 5.41) is 4.38. The fraction of sp³-hybridized carbons (Fsp3) is 0.438. The summed E-state index contributed by atoms with van der Waals surface area (Å²) in [7, 11) is 1.98. The van der Waals surface area contributed by atoms with E-state index < -0.39 is 0 Å². The van der Waals surface area contributed by atoms with Crippen LogP contribution >= 0.6 is 0 Å². The Kier molecular flexibility index (Phi) is 4.38. The zero-order valence-corrected chi connectivity index (χ0v) is 12.0. The van der Waals surface area contributed by atoms with Crippen LogP contribution in [0, 0.1) is 6.92 Å². The lowest BCUT2D eigenvalue weighted by atomic mass is 9.87. The molecule has 3 nitrogen and oxygen atoms in total. The molecule has 1 heterocycles. The molecule has 0 aliphatic carbocycles. The molecule has 0 spiro atoms. The molecule has 2 N–H and O–H groups in total. The second-order valence-corrected chi connectivity index (χ2v) is 5.19. The van der Waals surface area contributed by atoms with Crippen LogP contribution in [0.15, 0.2) is 36.4 Å². The number of aromatic nitrogens is 2. The van der Waals surface area contributed by atoms with Gasteiger partial charge in [-0.2, -0.15) is 5.10 Å². The van der Waals surface area contributed by atoms with Crippen molar-refractivity contribution in [3.63, 3.8) is 0 Å². The number of nitrogens with zero attached hydrogens (tertiary/aromatic N) is 2. The number of benzene rings is 1. The van der Waals surface area contributed by atoms with Crippen LogP contribution < -0.4 is 5.73 Å². The van der Waals surface area contributed by atoms with Gasteiger partial charge in [0, 0.05) is 25.2 Å². The van der Waals surface area contributed by atoms with Crippen LogP contribution in [0.1, 0.15) is 36.2 Å². The Morgan fingerprint density at radius 1 is 1.26 bits per heavy atom. The van der Waals surface area contributed by atoms with Gasteiger partial charge in [-0.15, -0.1) is 0 Å². The summed E-state index contributed by atoms with van der Waals surface area (Å²) in [6, 6.07) is 12.8. The highest BCUT2D eigenvalue weighted by Gasteiger charge is 2.19. The van der Waals surface area contributed by atoms with E-state index in [0.717, 1.165) is 18.5 Å². The van der Waals surface area contributed by atoms with E-state index in [0.29, 0.717) is 5.92 Å². The maximum Gasteiger partial charge on any atom is 0.0596 e. The van der Waals surface area contributed by atoms with Crippen molar-refractivity contribution in [3.05, 3.63) is 53.3 Å². The maximum absolute atomic E-state index is 6.43. The maximum atomic E-state index is 6.43. The lowest BCUT2D eigenvalue weighted by Gasteiger charge is -2.23. The third-order valence-electron chi connectivity index (χ3n) is 3.73. The minimum Gasteiger partial charge on any atom is -0.327 e. The Labute approximate surface area is 115 Å². The van der Waals surface area contributed by atoms with Crippen molar-refractivity contribution in [2.75, 3.05) is 0 Å². The normalized spacial score (nSPS) is 14.3. The zero-order chi connectivity index (χ0) is 13.8. The molecule has 2 atom stereocenters. The summed E-state index contributed by atoms with van der Waals surface area (Å²) in [6.45, 7) is 4.22. The van der Waals surface area contributed by atoms with Crippen molar-refractivity contribution in [1.29, 1.82) is 0 Å². The van der Waals surface area contributed by atoms with Gasteiger partial charge in [-0.3, -0.25) is 4.68 Å². The van der Waals surface area contributed by atoms with Crippen molar-refractivity contribution in [2.24, 2.45) is 12.8 Å². The van der Waals surface area contributed by atoms with E-state index in [1.807, 2.05) is 24.7 Å². The van der Waals surface area contributed by atoms with Gasteiger partial charge in [-0.05, 0) is 30.9 Å². The third-order valence-corrected chi connectivity index (χ3v) is 3.73. The van der Waals surface area contributed by atoms with Crippen molar-refractivity contribution in [1.82, 2.24) is 9.78 Å². The first kappa shape index (κ1) is 13.8. The molecule has 0 radical (unpaired) electrons. The smallest absolute Gasteiger partial charge is 0.0596 e. The molecule has 102 valence electrons. The molecule has 2 aromatic rings. The summed E-state index contributed by atoms with van der Waals surface area (Å²) >= 11 is 0. The van der Waals surface area contributed by atoms with Crippen LogP contribution in [0.3, 0.4) is 0 Å². The largest absolute Gasteiger partial charge is 0.327 e. The molecule has 0 fully saturated rings. The molecule has 0 aliphatic rings. The fourth-order valence-electron chi connectivity index (χ4n) is 2.72. The topological polar surface area (TPSA) is 43.8 Å². The van der Waals surface area contributed by atoms with E-state index in [2.05, 4.69) is 42.4 Å². The second kappa shape index (κ2) is 6.02. The molecule has 0 bridgehead atoms. The Morgan fingerprint density at radius 3 is 2.47 bits per heavy atom. The van der Waals surface area contributed by atoms with Gasteiger partial charge in [0.2, 0.25) is 0 Å². The monoisotopic (exact) mass is 257 g/mol. The quantitative estimate of drug-likeness (QED) is 0.895. The molecule has 2 unspecified atom stereocenters. The molecule has 3 heteroatoms. The molecule has 2 rings (SSSR count). The average molecular weight is 257 g/mol. The molecule has 0 saturated heterocycles. The first-order valence-corrected chi connectivity index (χ1v) is 6.91. The van der Waals surface area contributed by atoms with E-state index >= 15 is 0 Å². The van der Waals surface area contributed by atoms with Crippen molar-refractivity contribution in [2.45, 2.75) is 38.6 Å². The summed E-state index contributed by atoms with van der Waals surface area (Å²) in [5.41, 5.74) is 10.0. The Morgan fingerprint density at radius 2 is 1.95 bits per heavy atom. The first-order chi connectivity index (χ1) is 9.11. The van der Waals surface area contributed by atoms with Crippen molar-refractivity contribution < 1.29 is 0 Å². The van der Waals surface area contributed by atoms with E-state index in [4.69, 9.17) is 5.73 Å². The molecule has 19 heavy (non-hydrogen) atoms. The third kappa shape index (κ3) is 3.24. The van der Waals surface area contributed by atoms with E-state index in [9.17, 15) is 0 Å². The summed E-state index contributed by atoms with van der Waals surface area (Å²) in [4.78, 5) is 0. The van der Waals surface area contributed by atoms with E-state index in [-0.39, 0.29) is 6.04 Å². The van der Waals surface area contributed by atoms with Gasteiger partial charge < -0.3 is 5.73 Å². The van der Waals surface area contributed by atoms with Crippen molar-refractivity contribution in [3.8, 4) is 0 Å². The second-order valence-electron chi connectivity index (χ2n) is 5.19. The summed E-state index contributed by atoms with van der Waals surface area (Å²) in [6.07, 6.45) is 1.92. The Bertz CT molecular complexity index is 516. The van der Waals surface area contributed by atoms with Crippen LogP contribution in [0.4, 0.5) is 0 Å². The standard InChI is InChI=1S/C16H23N3/c1-4-15(13-8-6-5-7-9-13)16(17)11-14-10-12(2)18-19(14)3/h5-10,15-16H,4,11,17H2,1-3H3. The van der Waals surface area contributed by atoms with Crippen LogP contribution in [0.5, 0.6) is 0 Å². The Balaban J connectivity index is 2.13. The summed E-state index contributed by atoms with van der Waals surface area (Å²) < 4.78 is 1.94. The molecule has 1 aromatic carbocycles. The number of aryl methyl sites for hydroxylation is 2. The molecule has 1 aromatic heterocycles. The SMILES string of the molecule is CCC(c1ccccc1)C(N)Cc1cc(C)nn1C. The molecular formula is C16H23N3. The van der Waals surface area contributed by atoms with Gasteiger partial charge in [-0.25, -0.2) is 0 Å². The lowest BCUT2D eigenvalue weighted by molar-refractivity contribution is 0.500. The number of hydrogen-bond donors (Lipinski definition) is 1. The fourth-order valence-corrected chi connectivity index (χ4v) is 2.72. The number of hydrogen-bond acceptors (Lipinski definition) is 2. The minimum atomic E-state index is 0.127. The van der Waals surface area contributed by atoms with Gasteiger partial charge in [0.05, 0.1) is 5.69 Å².